The maximum atomic E-state index is 12.6. The van der Waals surface area contributed by atoms with Crippen molar-refractivity contribution < 1.29 is 4.79 Å². The molecule has 0 aliphatic heterocycles. The highest BCUT2D eigenvalue weighted by Gasteiger charge is 2.17. The van der Waals surface area contributed by atoms with Gasteiger partial charge in [0.2, 0.25) is 0 Å². The number of carbonyl (C=O) groups excluding carboxylic acids is 1. The van der Waals surface area contributed by atoms with Gasteiger partial charge < -0.3 is 4.57 Å². The number of hydrogen-bond donors (Lipinski definition) is 0. The zero-order chi connectivity index (χ0) is 19.3. The van der Waals surface area contributed by atoms with Crippen LogP contribution in [0.2, 0.25) is 0 Å². The molecule has 146 valence electrons. The van der Waals surface area contributed by atoms with E-state index in [1.807, 2.05) is 29.8 Å². The van der Waals surface area contributed by atoms with Crippen molar-refractivity contribution >= 4 is 28.9 Å². The predicted molar refractivity (Wildman–Crippen MR) is 115 cm³/mol. The summed E-state index contributed by atoms with van der Waals surface area (Å²) in [7, 11) is 1.97. The van der Waals surface area contributed by atoms with Crippen LogP contribution in [0.3, 0.4) is 0 Å². The summed E-state index contributed by atoms with van der Waals surface area (Å²) in [4.78, 5) is 13.9. The summed E-state index contributed by atoms with van der Waals surface area (Å²) in [6.07, 6.45) is 7.36. The predicted octanol–water partition coefficient (Wildman–Crippen LogP) is 5.49. The lowest BCUT2D eigenvalue weighted by atomic mass is 9.84. The molecule has 4 rings (SSSR count). The van der Waals surface area contributed by atoms with E-state index in [0.717, 1.165) is 23.0 Å². The smallest absolute Gasteiger partial charge is 0.191 e. The van der Waals surface area contributed by atoms with Gasteiger partial charge >= 0.3 is 0 Å². The molecule has 4 nitrogen and oxygen atoms in total. The quantitative estimate of drug-likeness (QED) is 0.381. The molecular weight excluding hydrogens is 386 g/mol. The van der Waals surface area contributed by atoms with Gasteiger partial charge in [-0.05, 0) is 35.8 Å². The first-order valence-electron chi connectivity index (χ1n) is 9.87. The molecule has 0 spiro atoms. The number of hydrogen-bond acceptors (Lipinski definition) is 5. The lowest BCUT2D eigenvalue weighted by molar-refractivity contribution is 0.102. The van der Waals surface area contributed by atoms with E-state index >= 15 is 0 Å². The molecule has 1 aliphatic carbocycles. The van der Waals surface area contributed by atoms with Crippen LogP contribution < -0.4 is 0 Å². The Balaban J connectivity index is 1.34. The van der Waals surface area contributed by atoms with Gasteiger partial charge in [-0.2, -0.15) is 0 Å². The van der Waals surface area contributed by atoms with Gasteiger partial charge in [0.15, 0.2) is 10.9 Å². The Kier molecular flexibility index (Phi) is 6.27. The van der Waals surface area contributed by atoms with E-state index in [9.17, 15) is 4.79 Å². The van der Waals surface area contributed by atoms with E-state index in [2.05, 4.69) is 33.8 Å². The van der Waals surface area contributed by atoms with Crippen LogP contribution in [0, 0.1) is 0 Å². The Morgan fingerprint density at radius 3 is 2.64 bits per heavy atom. The molecule has 0 atom stereocenters. The van der Waals surface area contributed by atoms with E-state index in [4.69, 9.17) is 0 Å². The third-order valence-electron chi connectivity index (χ3n) is 5.48. The van der Waals surface area contributed by atoms with Crippen molar-refractivity contribution in [3.63, 3.8) is 0 Å². The molecule has 1 saturated carbocycles. The molecular formula is C22H25N3OS2. The van der Waals surface area contributed by atoms with Crippen molar-refractivity contribution in [1.29, 1.82) is 0 Å². The van der Waals surface area contributed by atoms with Crippen LogP contribution in [-0.2, 0) is 13.5 Å². The highest BCUT2D eigenvalue weighted by molar-refractivity contribution is 7.99. The number of Topliss-reactive ketones (excluding diaryl/α,β-unsaturated/α-hetero) is 1. The van der Waals surface area contributed by atoms with E-state index in [-0.39, 0.29) is 5.78 Å². The first-order valence-corrected chi connectivity index (χ1v) is 11.7. The van der Waals surface area contributed by atoms with Crippen molar-refractivity contribution in [2.24, 2.45) is 7.05 Å². The molecule has 0 unspecified atom stereocenters. The van der Waals surface area contributed by atoms with Crippen molar-refractivity contribution in [2.75, 3.05) is 5.75 Å². The van der Waals surface area contributed by atoms with Crippen molar-refractivity contribution in [1.82, 2.24) is 14.8 Å². The number of carbonyl (C=O) groups is 1. The normalized spacial score (nSPS) is 15.0. The van der Waals surface area contributed by atoms with Gasteiger partial charge in [-0.1, -0.05) is 61.4 Å². The van der Waals surface area contributed by atoms with Crippen LogP contribution in [0.25, 0.3) is 0 Å². The van der Waals surface area contributed by atoms with Crippen LogP contribution in [0.1, 0.15) is 64.6 Å². The molecule has 28 heavy (non-hydrogen) atoms. The summed E-state index contributed by atoms with van der Waals surface area (Å²) in [6.45, 7) is 0. The van der Waals surface area contributed by atoms with E-state index in [1.165, 1.54) is 54.3 Å². The van der Waals surface area contributed by atoms with Crippen LogP contribution in [0.4, 0.5) is 0 Å². The molecule has 0 radical (unpaired) electrons. The van der Waals surface area contributed by atoms with Gasteiger partial charge in [0.25, 0.3) is 0 Å². The third-order valence-corrected chi connectivity index (χ3v) is 7.38. The van der Waals surface area contributed by atoms with Crippen LogP contribution >= 0.6 is 23.1 Å². The van der Waals surface area contributed by atoms with Gasteiger partial charge in [0.05, 0.1) is 5.75 Å². The Morgan fingerprint density at radius 2 is 1.93 bits per heavy atom. The highest BCUT2D eigenvalue weighted by atomic mass is 32.2. The first kappa shape index (κ1) is 19.4. The van der Waals surface area contributed by atoms with Gasteiger partial charge in [-0.25, -0.2) is 0 Å². The SMILES string of the molecule is Cn1c(Cc2cccs2)nnc1SCC(=O)c1ccc(C2CCCCC2)cc1. The summed E-state index contributed by atoms with van der Waals surface area (Å²) < 4.78 is 1.99. The van der Waals surface area contributed by atoms with Crippen molar-refractivity contribution in [3.8, 4) is 0 Å². The molecule has 1 aliphatic rings. The van der Waals surface area contributed by atoms with Gasteiger partial charge in [0, 0.05) is 23.9 Å². The van der Waals surface area contributed by atoms with E-state index in [1.54, 1.807) is 11.3 Å². The van der Waals surface area contributed by atoms with Crippen molar-refractivity contribution in [2.45, 2.75) is 49.6 Å². The monoisotopic (exact) mass is 411 g/mol. The Morgan fingerprint density at radius 1 is 1.14 bits per heavy atom. The zero-order valence-corrected chi connectivity index (χ0v) is 17.8. The molecule has 1 aromatic carbocycles. The Labute approximate surface area is 174 Å². The Bertz CT molecular complexity index is 910. The third kappa shape index (κ3) is 4.55. The van der Waals surface area contributed by atoms with Gasteiger partial charge in [0.1, 0.15) is 5.82 Å². The fourth-order valence-electron chi connectivity index (χ4n) is 3.78. The summed E-state index contributed by atoms with van der Waals surface area (Å²) in [5, 5.41) is 11.4. The second-order valence-corrected chi connectivity index (χ2v) is 9.36. The van der Waals surface area contributed by atoms with Gasteiger partial charge in [-0.15, -0.1) is 21.5 Å². The fourth-order valence-corrected chi connectivity index (χ4v) is 5.31. The number of nitrogens with zero attached hydrogens (tertiary/aromatic N) is 3. The second kappa shape index (κ2) is 9.05. The highest BCUT2D eigenvalue weighted by Crippen LogP contribution is 2.32. The first-order chi connectivity index (χ1) is 13.7. The minimum absolute atomic E-state index is 0.142. The second-order valence-electron chi connectivity index (χ2n) is 7.38. The topological polar surface area (TPSA) is 47.8 Å². The van der Waals surface area contributed by atoms with Gasteiger partial charge in [-0.3, -0.25) is 4.79 Å². The lowest BCUT2D eigenvalue weighted by Crippen LogP contribution is -2.07. The molecule has 0 N–H and O–H groups in total. The summed E-state index contributed by atoms with van der Waals surface area (Å²) in [5.41, 5.74) is 2.17. The molecule has 2 aromatic heterocycles. The minimum atomic E-state index is 0.142. The van der Waals surface area contributed by atoms with E-state index in [0.29, 0.717) is 11.7 Å². The molecule has 6 heteroatoms. The molecule has 1 fully saturated rings. The largest absolute Gasteiger partial charge is 0.309 e. The number of thioether (sulfide) groups is 1. The average Bonchev–Trinajstić information content (AvgIpc) is 3.38. The lowest BCUT2D eigenvalue weighted by Gasteiger charge is -2.22. The fraction of sp³-hybridized carbons (Fsp3) is 0.409. The number of aromatic nitrogens is 3. The molecule has 3 aromatic rings. The minimum Gasteiger partial charge on any atom is -0.309 e. The standard InChI is InChI=1S/C22H25N3OS2/c1-25-21(14-19-8-5-13-27-19)23-24-22(25)28-15-20(26)18-11-9-17(10-12-18)16-6-3-2-4-7-16/h5,8-13,16H,2-4,6-7,14-15H2,1H3. The summed E-state index contributed by atoms with van der Waals surface area (Å²) in [6, 6.07) is 12.4. The molecule has 0 saturated heterocycles. The summed E-state index contributed by atoms with van der Waals surface area (Å²) in [5.74, 6) is 2.12. The molecule has 2 heterocycles. The molecule has 0 amide bonds. The maximum Gasteiger partial charge on any atom is 0.191 e. The number of rotatable bonds is 7. The molecule has 0 bridgehead atoms. The zero-order valence-electron chi connectivity index (χ0n) is 16.1. The number of thiophene rings is 1. The average molecular weight is 412 g/mol. The number of benzene rings is 1. The maximum absolute atomic E-state index is 12.6. The van der Waals surface area contributed by atoms with Crippen molar-refractivity contribution in [3.05, 3.63) is 63.6 Å². The van der Waals surface area contributed by atoms with Crippen LogP contribution in [0.15, 0.2) is 46.9 Å². The van der Waals surface area contributed by atoms with Crippen LogP contribution in [0.5, 0.6) is 0 Å². The van der Waals surface area contributed by atoms with E-state index < -0.39 is 0 Å². The Hall–Kier alpha value is -1.92. The number of ketones is 1. The summed E-state index contributed by atoms with van der Waals surface area (Å²) >= 11 is 3.18. The van der Waals surface area contributed by atoms with Crippen LogP contribution in [-0.4, -0.2) is 26.3 Å².